The van der Waals surface area contributed by atoms with E-state index < -0.39 is 0 Å². The number of H-pyrrole nitrogens is 1. The van der Waals surface area contributed by atoms with Crippen LogP contribution in [0.4, 0.5) is 0 Å². The van der Waals surface area contributed by atoms with E-state index in [2.05, 4.69) is 34.2 Å². The van der Waals surface area contributed by atoms with E-state index in [-0.39, 0.29) is 5.91 Å². The van der Waals surface area contributed by atoms with Crippen molar-refractivity contribution in [1.29, 1.82) is 0 Å². The molecule has 0 aliphatic rings. The van der Waals surface area contributed by atoms with Gasteiger partial charge in [-0.15, -0.1) is 0 Å². The van der Waals surface area contributed by atoms with E-state index in [1.54, 1.807) is 12.5 Å². The minimum absolute atomic E-state index is 0.0885. The zero-order valence-corrected chi connectivity index (χ0v) is 14.3. The third kappa shape index (κ3) is 3.04. The summed E-state index contributed by atoms with van der Waals surface area (Å²) in [5, 5.41) is 7.39. The molecule has 0 aliphatic carbocycles. The second-order valence-corrected chi connectivity index (χ2v) is 6.00. The molecule has 2 heterocycles. The molecule has 0 fully saturated rings. The lowest BCUT2D eigenvalue weighted by molar-refractivity contribution is 0.0950. The fraction of sp³-hybridized carbons (Fsp3) is 0.389. The average Bonchev–Trinajstić information content (AvgIpc) is 3.20. The molecule has 6 nitrogen and oxygen atoms in total. The third-order valence-corrected chi connectivity index (χ3v) is 4.52. The minimum atomic E-state index is -0.0885. The van der Waals surface area contributed by atoms with Crippen molar-refractivity contribution in [3.63, 3.8) is 0 Å². The molecule has 24 heavy (non-hydrogen) atoms. The van der Waals surface area contributed by atoms with Gasteiger partial charge in [-0.05, 0) is 37.5 Å². The number of amides is 1. The average molecular weight is 325 g/mol. The van der Waals surface area contributed by atoms with Crippen molar-refractivity contribution in [3.8, 4) is 0 Å². The summed E-state index contributed by atoms with van der Waals surface area (Å²) in [6.45, 7) is 6.71. The van der Waals surface area contributed by atoms with E-state index in [1.807, 2.05) is 29.8 Å². The SMILES string of the molecule is CCC(CC)n1ncc(C(=O)NCc2ccc3nc[nH]c3c2)c1C. The highest BCUT2D eigenvalue weighted by atomic mass is 16.1. The number of nitrogens with zero attached hydrogens (tertiary/aromatic N) is 3. The van der Waals surface area contributed by atoms with Gasteiger partial charge in [0.1, 0.15) is 0 Å². The van der Waals surface area contributed by atoms with Crippen LogP contribution in [0, 0.1) is 6.92 Å². The number of hydrogen-bond acceptors (Lipinski definition) is 3. The highest BCUT2D eigenvalue weighted by Gasteiger charge is 2.17. The van der Waals surface area contributed by atoms with Gasteiger partial charge in [-0.3, -0.25) is 9.48 Å². The molecule has 6 heteroatoms. The van der Waals surface area contributed by atoms with Gasteiger partial charge in [0.05, 0.1) is 35.2 Å². The van der Waals surface area contributed by atoms with Gasteiger partial charge in [-0.25, -0.2) is 4.98 Å². The number of carbonyl (C=O) groups is 1. The second kappa shape index (κ2) is 6.86. The van der Waals surface area contributed by atoms with Crippen LogP contribution in [0.25, 0.3) is 11.0 Å². The Bertz CT molecular complexity index is 844. The zero-order valence-electron chi connectivity index (χ0n) is 14.3. The standard InChI is InChI=1S/C18H23N5O/c1-4-14(5-2)23-12(3)15(10-22-23)18(24)19-9-13-6-7-16-17(8-13)21-11-20-16/h6-8,10-11,14H,4-5,9H2,1-3H3,(H,19,24)(H,20,21). The van der Waals surface area contributed by atoms with E-state index >= 15 is 0 Å². The molecule has 2 aromatic heterocycles. The minimum Gasteiger partial charge on any atom is -0.348 e. The van der Waals surface area contributed by atoms with Gasteiger partial charge in [-0.2, -0.15) is 5.10 Å². The molecular formula is C18H23N5O. The maximum absolute atomic E-state index is 12.5. The topological polar surface area (TPSA) is 75.6 Å². The summed E-state index contributed by atoms with van der Waals surface area (Å²) < 4.78 is 1.96. The summed E-state index contributed by atoms with van der Waals surface area (Å²) in [7, 11) is 0. The fourth-order valence-electron chi connectivity index (χ4n) is 3.02. The Morgan fingerprint density at radius 1 is 1.33 bits per heavy atom. The van der Waals surface area contributed by atoms with E-state index in [4.69, 9.17) is 0 Å². The maximum Gasteiger partial charge on any atom is 0.255 e. The number of imidazole rings is 1. The Hall–Kier alpha value is -2.63. The Kier molecular flexibility index (Phi) is 4.64. The molecule has 2 N–H and O–H groups in total. The largest absolute Gasteiger partial charge is 0.348 e. The molecule has 0 radical (unpaired) electrons. The van der Waals surface area contributed by atoms with Crippen LogP contribution in [0.1, 0.15) is 54.3 Å². The van der Waals surface area contributed by atoms with Crippen LogP contribution in [0.2, 0.25) is 0 Å². The molecule has 0 bridgehead atoms. The molecule has 0 aliphatic heterocycles. The molecule has 0 atom stereocenters. The predicted octanol–water partition coefficient (Wildman–Crippen LogP) is 3.36. The Labute approximate surface area is 141 Å². The highest BCUT2D eigenvalue weighted by molar-refractivity contribution is 5.95. The number of carbonyl (C=O) groups excluding carboxylic acids is 1. The summed E-state index contributed by atoms with van der Waals surface area (Å²) >= 11 is 0. The van der Waals surface area contributed by atoms with Gasteiger partial charge in [0.25, 0.3) is 5.91 Å². The van der Waals surface area contributed by atoms with Crippen LogP contribution in [0.15, 0.2) is 30.7 Å². The van der Waals surface area contributed by atoms with Crippen LogP contribution in [0.3, 0.4) is 0 Å². The highest BCUT2D eigenvalue weighted by Crippen LogP contribution is 2.19. The quantitative estimate of drug-likeness (QED) is 0.729. The fourth-order valence-corrected chi connectivity index (χ4v) is 3.02. The van der Waals surface area contributed by atoms with Crippen molar-refractivity contribution < 1.29 is 4.79 Å². The van der Waals surface area contributed by atoms with Gasteiger partial charge in [-0.1, -0.05) is 19.9 Å². The van der Waals surface area contributed by atoms with Crippen LogP contribution < -0.4 is 5.32 Å². The number of rotatable bonds is 6. The summed E-state index contributed by atoms with van der Waals surface area (Å²) in [5.74, 6) is -0.0885. The van der Waals surface area contributed by atoms with Gasteiger partial charge in [0, 0.05) is 12.2 Å². The molecule has 0 saturated carbocycles. The molecule has 0 spiro atoms. The second-order valence-electron chi connectivity index (χ2n) is 6.00. The molecular weight excluding hydrogens is 302 g/mol. The van der Waals surface area contributed by atoms with Crippen molar-refractivity contribution in [1.82, 2.24) is 25.1 Å². The Morgan fingerprint density at radius 2 is 2.12 bits per heavy atom. The number of nitrogens with one attached hydrogen (secondary N) is 2. The smallest absolute Gasteiger partial charge is 0.255 e. The lowest BCUT2D eigenvalue weighted by Crippen LogP contribution is -2.23. The lowest BCUT2D eigenvalue weighted by Gasteiger charge is -2.15. The number of aromatic nitrogens is 4. The first-order valence-electron chi connectivity index (χ1n) is 8.38. The molecule has 0 unspecified atom stereocenters. The van der Waals surface area contributed by atoms with Crippen LogP contribution in [0.5, 0.6) is 0 Å². The van der Waals surface area contributed by atoms with Gasteiger partial charge in [0.2, 0.25) is 0 Å². The normalized spacial score (nSPS) is 11.3. The maximum atomic E-state index is 12.5. The van der Waals surface area contributed by atoms with Crippen LogP contribution in [-0.4, -0.2) is 25.7 Å². The first kappa shape index (κ1) is 16.2. The van der Waals surface area contributed by atoms with Crippen molar-refractivity contribution >= 4 is 16.9 Å². The Balaban J connectivity index is 1.70. The Morgan fingerprint density at radius 3 is 2.88 bits per heavy atom. The summed E-state index contributed by atoms with van der Waals surface area (Å²) in [6.07, 6.45) is 5.35. The monoisotopic (exact) mass is 325 g/mol. The lowest BCUT2D eigenvalue weighted by atomic mass is 10.1. The molecule has 1 amide bonds. The molecule has 126 valence electrons. The van der Waals surface area contributed by atoms with Crippen molar-refractivity contribution in [3.05, 3.63) is 47.5 Å². The summed E-state index contributed by atoms with van der Waals surface area (Å²) in [6, 6.07) is 6.27. The number of aromatic amines is 1. The van der Waals surface area contributed by atoms with Crippen LogP contribution >= 0.6 is 0 Å². The summed E-state index contributed by atoms with van der Waals surface area (Å²) in [4.78, 5) is 19.8. The first-order chi connectivity index (χ1) is 11.6. The first-order valence-corrected chi connectivity index (χ1v) is 8.38. The summed E-state index contributed by atoms with van der Waals surface area (Å²) in [5.41, 5.74) is 4.49. The van der Waals surface area contributed by atoms with Gasteiger partial charge >= 0.3 is 0 Å². The van der Waals surface area contributed by atoms with E-state index in [1.165, 1.54) is 0 Å². The van der Waals surface area contributed by atoms with E-state index in [0.717, 1.165) is 35.1 Å². The predicted molar refractivity (Wildman–Crippen MR) is 93.8 cm³/mol. The zero-order chi connectivity index (χ0) is 17.1. The molecule has 1 aromatic carbocycles. The molecule has 0 saturated heterocycles. The van der Waals surface area contributed by atoms with Crippen LogP contribution in [-0.2, 0) is 6.54 Å². The third-order valence-electron chi connectivity index (χ3n) is 4.52. The number of hydrogen-bond donors (Lipinski definition) is 2. The van der Waals surface area contributed by atoms with E-state index in [9.17, 15) is 4.79 Å². The van der Waals surface area contributed by atoms with Crippen molar-refractivity contribution in [2.75, 3.05) is 0 Å². The van der Waals surface area contributed by atoms with Crippen molar-refractivity contribution in [2.45, 2.75) is 46.2 Å². The van der Waals surface area contributed by atoms with Crippen molar-refractivity contribution in [2.24, 2.45) is 0 Å². The molecule has 3 rings (SSSR count). The van der Waals surface area contributed by atoms with Gasteiger partial charge in [0.15, 0.2) is 0 Å². The number of fused-ring (bicyclic) bond motifs is 1. The number of benzene rings is 1. The molecule has 3 aromatic rings. The van der Waals surface area contributed by atoms with Gasteiger partial charge < -0.3 is 10.3 Å². The van der Waals surface area contributed by atoms with E-state index in [0.29, 0.717) is 18.2 Å².